The lowest BCUT2D eigenvalue weighted by Crippen LogP contribution is -2.58. The third-order valence-electron chi connectivity index (χ3n) is 6.03. The molecule has 0 spiro atoms. The van der Waals surface area contributed by atoms with Crippen molar-refractivity contribution in [2.75, 3.05) is 12.3 Å². The van der Waals surface area contributed by atoms with E-state index in [1.807, 2.05) is 20.8 Å². The van der Waals surface area contributed by atoms with Gasteiger partial charge in [-0.15, -0.1) is 0 Å². The largest absolute Gasteiger partial charge is 0.309 e. The van der Waals surface area contributed by atoms with Crippen molar-refractivity contribution in [2.24, 2.45) is 16.7 Å². The first kappa shape index (κ1) is 14.5. The molecule has 3 rings (SSSR count). The highest BCUT2D eigenvalue weighted by molar-refractivity contribution is 7.86. The minimum absolute atomic E-state index is 0.0610. The maximum atomic E-state index is 12.4. The molecular formula is C14H23NO4S. The van der Waals surface area contributed by atoms with Crippen LogP contribution in [0.5, 0.6) is 0 Å². The van der Waals surface area contributed by atoms with Crippen LogP contribution in [-0.4, -0.2) is 38.6 Å². The highest BCUT2D eigenvalue weighted by Crippen LogP contribution is 2.64. The Bertz CT molecular complexity index is 541. The number of hydrogen-bond donors (Lipinski definition) is 1. The minimum atomic E-state index is -3.67. The van der Waals surface area contributed by atoms with Gasteiger partial charge < -0.3 is 5.32 Å². The normalized spacial score (nSPS) is 42.8. The molecule has 4 atom stereocenters. The summed E-state index contributed by atoms with van der Waals surface area (Å²) in [6, 6.07) is 0.0610. The second-order valence-corrected chi connectivity index (χ2v) is 8.80. The number of hydrogen-bond acceptors (Lipinski definition) is 5. The SMILES string of the molecule is C[C@@H]1NC[C@H]1OS(=O)(=O)C[C@@]12CC[C@@H](CC1=O)C2(C)C. The quantitative estimate of drug-likeness (QED) is 0.787. The lowest BCUT2D eigenvalue weighted by atomic mass is 9.70. The van der Waals surface area contributed by atoms with E-state index in [4.69, 9.17) is 4.18 Å². The van der Waals surface area contributed by atoms with Crippen LogP contribution in [0.2, 0.25) is 0 Å². The van der Waals surface area contributed by atoms with E-state index in [1.54, 1.807) is 0 Å². The molecule has 0 aromatic heterocycles. The zero-order valence-electron chi connectivity index (χ0n) is 12.3. The molecule has 6 heteroatoms. The van der Waals surface area contributed by atoms with Gasteiger partial charge in [0.05, 0.1) is 11.2 Å². The molecule has 20 heavy (non-hydrogen) atoms. The van der Waals surface area contributed by atoms with Gasteiger partial charge in [-0.05, 0) is 31.1 Å². The molecule has 1 heterocycles. The van der Waals surface area contributed by atoms with Crippen LogP contribution in [-0.2, 0) is 19.1 Å². The summed E-state index contributed by atoms with van der Waals surface area (Å²) in [6.45, 7) is 6.54. The Hall–Kier alpha value is -0.460. The molecule has 3 aliphatic rings. The maximum absolute atomic E-state index is 12.4. The molecule has 114 valence electrons. The summed E-state index contributed by atoms with van der Waals surface area (Å²) in [7, 11) is -3.67. The number of Topliss-reactive ketones (excluding diaryl/α,β-unsaturated/α-hetero) is 1. The van der Waals surface area contributed by atoms with Crippen molar-refractivity contribution >= 4 is 15.9 Å². The van der Waals surface area contributed by atoms with Crippen molar-refractivity contribution in [3.63, 3.8) is 0 Å². The minimum Gasteiger partial charge on any atom is -0.309 e. The van der Waals surface area contributed by atoms with E-state index in [1.165, 1.54) is 0 Å². The molecule has 5 nitrogen and oxygen atoms in total. The van der Waals surface area contributed by atoms with E-state index < -0.39 is 15.5 Å². The summed E-state index contributed by atoms with van der Waals surface area (Å²) >= 11 is 0. The van der Waals surface area contributed by atoms with Gasteiger partial charge in [-0.3, -0.25) is 8.98 Å². The maximum Gasteiger partial charge on any atom is 0.268 e. The Morgan fingerprint density at radius 3 is 2.50 bits per heavy atom. The molecule has 1 saturated heterocycles. The predicted octanol–water partition coefficient (Wildman–Crippen LogP) is 1.09. The third kappa shape index (κ3) is 1.88. The van der Waals surface area contributed by atoms with Gasteiger partial charge in [-0.2, -0.15) is 8.42 Å². The van der Waals surface area contributed by atoms with E-state index in [9.17, 15) is 13.2 Å². The van der Waals surface area contributed by atoms with Crippen LogP contribution in [0, 0.1) is 16.7 Å². The van der Waals surface area contributed by atoms with Gasteiger partial charge in [-0.1, -0.05) is 13.8 Å². The average Bonchev–Trinajstić information content (AvgIpc) is 2.68. The number of ketones is 1. The van der Waals surface area contributed by atoms with Crippen LogP contribution in [0.25, 0.3) is 0 Å². The molecule has 0 unspecified atom stereocenters. The standard InChI is InChI=1S/C14H23NO4S/c1-9-11(7-15-9)19-20(17,18)8-14-5-4-10(6-12(14)16)13(14,2)3/h9-11,15H,4-8H2,1-3H3/t9-,10-,11+,14-/m0/s1. The van der Waals surface area contributed by atoms with Gasteiger partial charge in [0.2, 0.25) is 0 Å². The predicted molar refractivity (Wildman–Crippen MR) is 74.7 cm³/mol. The van der Waals surface area contributed by atoms with Crippen LogP contribution in [0.1, 0.15) is 40.0 Å². The van der Waals surface area contributed by atoms with E-state index in [2.05, 4.69) is 5.32 Å². The first-order valence-electron chi connectivity index (χ1n) is 7.36. The second-order valence-electron chi connectivity index (χ2n) is 7.20. The number of rotatable bonds is 4. The van der Waals surface area contributed by atoms with Crippen molar-refractivity contribution in [3.8, 4) is 0 Å². The lowest BCUT2D eigenvalue weighted by molar-refractivity contribution is -0.128. The van der Waals surface area contributed by atoms with E-state index in [-0.39, 0.29) is 29.1 Å². The summed E-state index contributed by atoms with van der Waals surface area (Å²) in [5.74, 6) is 0.297. The van der Waals surface area contributed by atoms with Crippen molar-refractivity contribution < 1.29 is 17.4 Å². The first-order valence-corrected chi connectivity index (χ1v) is 8.93. The molecule has 0 aromatic carbocycles. The molecule has 2 aliphatic carbocycles. The van der Waals surface area contributed by atoms with Crippen molar-refractivity contribution in [3.05, 3.63) is 0 Å². The Morgan fingerprint density at radius 2 is 2.10 bits per heavy atom. The Morgan fingerprint density at radius 1 is 1.40 bits per heavy atom. The highest BCUT2D eigenvalue weighted by Gasteiger charge is 2.65. The Labute approximate surface area is 120 Å². The topological polar surface area (TPSA) is 72.5 Å². The smallest absolute Gasteiger partial charge is 0.268 e. The Balaban J connectivity index is 1.81. The summed E-state index contributed by atoms with van der Waals surface area (Å²) in [5, 5.41) is 3.08. The molecule has 2 bridgehead atoms. The summed E-state index contributed by atoms with van der Waals surface area (Å²) in [4.78, 5) is 12.4. The van der Waals surface area contributed by atoms with Gasteiger partial charge in [0.1, 0.15) is 11.9 Å². The van der Waals surface area contributed by atoms with Crippen LogP contribution < -0.4 is 5.32 Å². The summed E-state index contributed by atoms with van der Waals surface area (Å²) in [5.41, 5.74) is -0.957. The van der Waals surface area contributed by atoms with Gasteiger partial charge in [-0.25, -0.2) is 0 Å². The fourth-order valence-corrected chi connectivity index (χ4v) is 6.16. The molecular weight excluding hydrogens is 278 g/mol. The van der Waals surface area contributed by atoms with Crippen LogP contribution >= 0.6 is 0 Å². The fraction of sp³-hybridized carbons (Fsp3) is 0.929. The van der Waals surface area contributed by atoms with Gasteiger partial charge in [0.25, 0.3) is 10.1 Å². The number of nitrogens with one attached hydrogen (secondary N) is 1. The lowest BCUT2D eigenvalue weighted by Gasteiger charge is -2.38. The molecule has 2 saturated carbocycles. The van der Waals surface area contributed by atoms with Crippen molar-refractivity contribution in [2.45, 2.75) is 52.2 Å². The van der Waals surface area contributed by atoms with E-state index >= 15 is 0 Å². The zero-order valence-corrected chi connectivity index (χ0v) is 13.1. The number of fused-ring (bicyclic) bond motifs is 2. The van der Waals surface area contributed by atoms with E-state index in [0.717, 1.165) is 6.42 Å². The van der Waals surface area contributed by atoms with Crippen LogP contribution in [0.4, 0.5) is 0 Å². The molecule has 3 fully saturated rings. The number of carbonyl (C=O) groups excluding carboxylic acids is 1. The highest BCUT2D eigenvalue weighted by atomic mass is 32.2. The molecule has 1 N–H and O–H groups in total. The van der Waals surface area contributed by atoms with Gasteiger partial charge >= 0.3 is 0 Å². The molecule has 1 aliphatic heterocycles. The van der Waals surface area contributed by atoms with Crippen molar-refractivity contribution in [1.82, 2.24) is 5.32 Å². The third-order valence-corrected chi connectivity index (χ3v) is 7.42. The van der Waals surface area contributed by atoms with Gasteiger partial charge in [0, 0.05) is 19.0 Å². The molecule has 0 amide bonds. The Kier molecular flexibility index (Phi) is 3.09. The van der Waals surface area contributed by atoms with Gasteiger partial charge in [0.15, 0.2) is 0 Å². The molecule has 0 aromatic rings. The van der Waals surface area contributed by atoms with Crippen LogP contribution in [0.15, 0.2) is 0 Å². The van der Waals surface area contributed by atoms with Crippen LogP contribution in [0.3, 0.4) is 0 Å². The monoisotopic (exact) mass is 301 g/mol. The summed E-state index contributed by atoms with van der Waals surface area (Å²) < 4.78 is 30.0. The summed E-state index contributed by atoms with van der Waals surface area (Å²) in [6.07, 6.45) is 1.89. The number of carbonyl (C=O) groups is 1. The zero-order chi connectivity index (χ0) is 14.8. The molecule has 0 radical (unpaired) electrons. The van der Waals surface area contributed by atoms with Crippen molar-refractivity contribution in [1.29, 1.82) is 0 Å². The average molecular weight is 301 g/mol. The first-order chi connectivity index (χ1) is 9.18. The fourth-order valence-electron chi connectivity index (χ4n) is 4.20. The second kappa shape index (κ2) is 4.27. The van der Waals surface area contributed by atoms with E-state index in [0.29, 0.717) is 25.3 Å².